The van der Waals surface area contributed by atoms with E-state index in [4.69, 9.17) is 5.73 Å². The maximum absolute atomic E-state index is 12.0. The lowest BCUT2D eigenvalue weighted by Gasteiger charge is -2.35. The molecule has 0 spiro atoms. The highest BCUT2D eigenvalue weighted by atomic mass is 32.2. The molecular formula is C11H25N3O2S. The number of nitrogens with two attached hydrogens (primary N) is 1. The van der Waals surface area contributed by atoms with Crippen LogP contribution in [-0.4, -0.2) is 62.6 Å². The summed E-state index contributed by atoms with van der Waals surface area (Å²) in [7, 11) is -1.40. The van der Waals surface area contributed by atoms with Gasteiger partial charge in [-0.3, -0.25) is 0 Å². The van der Waals surface area contributed by atoms with Crippen molar-refractivity contribution in [2.45, 2.75) is 32.2 Å². The van der Waals surface area contributed by atoms with Gasteiger partial charge in [0, 0.05) is 13.1 Å². The molecule has 0 saturated carbocycles. The molecule has 0 unspecified atom stereocenters. The van der Waals surface area contributed by atoms with Crippen molar-refractivity contribution in [1.29, 1.82) is 0 Å². The van der Waals surface area contributed by atoms with Crippen molar-refractivity contribution in [2.24, 2.45) is 5.73 Å². The van der Waals surface area contributed by atoms with E-state index >= 15 is 0 Å². The summed E-state index contributed by atoms with van der Waals surface area (Å²) in [6.45, 7) is 5.62. The molecular weight excluding hydrogens is 238 g/mol. The minimum Gasteiger partial charge on any atom is -0.330 e. The van der Waals surface area contributed by atoms with Gasteiger partial charge in [-0.2, -0.15) is 0 Å². The molecule has 0 aromatic rings. The summed E-state index contributed by atoms with van der Waals surface area (Å²) in [6, 6.07) is 0.167. The minimum absolute atomic E-state index is 0.167. The van der Waals surface area contributed by atoms with Crippen LogP contribution in [0.1, 0.15) is 26.2 Å². The van der Waals surface area contributed by atoms with Crippen LogP contribution < -0.4 is 5.73 Å². The molecule has 17 heavy (non-hydrogen) atoms. The zero-order valence-electron chi connectivity index (χ0n) is 10.9. The fourth-order valence-electron chi connectivity index (χ4n) is 2.24. The predicted molar refractivity (Wildman–Crippen MR) is 70.4 cm³/mol. The Balaban J connectivity index is 2.50. The average Bonchev–Trinajstić information content (AvgIpc) is 2.35. The van der Waals surface area contributed by atoms with E-state index in [1.807, 2.05) is 0 Å². The number of hydrogen-bond acceptors (Lipinski definition) is 4. The normalized spacial score (nSPS) is 20.0. The summed E-state index contributed by atoms with van der Waals surface area (Å²) in [6.07, 6.45) is 2.42. The molecule has 0 aromatic carbocycles. The largest absolute Gasteiger partial charge is 0.330 e. The van der Waals surface area contributed by atoms with Gasteiger partial charge in [-0.25, -0.2) is 12.7 Å². The minimum atomic E-state index is -3.11. The van der Waals surface area contributed by atoms with Crippen LogP contribution in [0.25, 0.3) is 0 Å². The summed E-state index contributed by atoms with van der Waals surface area (Å²) in [5.74, 6) is 0.175. The number of sulfonamides is 1. The number of hydrogen-bond donors (Lipinski definition) is 1. The second-order valence-electron chi connectivity index (χ2n) is 4.64. The van der Waals surface area contributed by atoms with E-state index in [1.165, 1.54) is 0 Å². The average molecular weight is 263 g/mol. The summed E-state index contributed by atoms with van der Waals surface area (Å²) >= 11 is 0. The Morgan fingerprint density at radius 1 is 1.35 bits per heavy atom. The second-order valence-corrected chi connectivity index (χ2v) is 6.79. The van der Waals surface area contributed by atoms with Crippen LogP contribution in [0.2, 0.25) is 0 Å². The number of rotatable bonds is 6. The first kappa shape index (κ1) is 14.9. The molecule has 0 radical (unpaired) electrons. The summed E-state index contributed by atoms with van der Waals surface area (Å²) < 4.78 is 25.6. The maximum Gasteiger partial charge on any atom is 0.214 e. The van der Waals surface area contributed by atoms with Crippen LogP contribution in [-0.2, 0) is 10.0 Å². The summed E-state index contributed by atoms with van der Waals surface area (Å²) in [5, 5.41) is 0. The first-order valence-corrected chi connectivity index (χ1v) is 8.00. The third kappa shape index (κ3) is 4.21. The van der Waals surface area contributed by atoms with E-state index in [1.54, 1.807) is 11.4 Å². The Morgan fingerprint density at radius 3 is 2.41 bits per heavy atom. The molecule has 102 valence electrons. The Hall–Kier alpha value is -0.170. The smallest absolute Gasteiger partial charge is 0.214 e. The molecule has 1 aliphatic rings. The summed E-state index contributed by atoms with van der Waals surface area (Å²) in [4.78, 5) is 2.36. The van der Waals surface area contributed by atoms with Gasteiger partial charge in [0.15, 0.2) is 0 Å². The lowest BCUT2D eigenvalue weighted by atomic mass is 10.1. The summed E-state index contributed by atoms with van der Waals surface area (Å²) in [5.41, 5.74) is 5.36. The third-order valence-electron chi connectivity index (χ3n) is 3.56. The lowest BCUT2D eigenvalue weighted by molar-refractivity contribution is 0.176. The monoisotopic (exact) mass is 263 g/mol. The SMILES string of the molecule is CCN1CCC(N(C)S(=O)(=O)CCCN)CC1. The molecule has 5 nitrogen and oxygen atoms in total. The highest BCUT2D eigenvalue weighted by molar-refractivity contribution is 7.89. The second kappa shape index (κ2) is 6.68. The Labute approximate surface area is 105 Å². The van der Waals surface area contributed by atoms with Crippen LogP contribution in [0.4, 0.5) is 0 Å². The van der Waals surface area contributed by atoms with Crippen LogP contribution in [0.15, 0.2) is 0 Å². The van der Waals surface area contributed by atoms with Gasteiger partial charge >= 0.3 is 0 Å². The molecule has 1 rings (SSSR count). The topological polar surface area (TPSA) is 66.6 Å². The Morgan fingerprint density at radius 2 is 1.94 bits per heavy atom. The van der Waals surface area contributed by atoms with Gasteiger partial charge in [0.05, 0.1) is 5.75 Å². The molecule has 0 atom stereocenters. The van der Waals surface area contributed by atoms with Gasteiger partial charge in [-0.1, -0.05) is 6.92 Å². The number of likely N-dealkylation sites (tertiary alicyclic amines) is 1. The molecule has 0 amide bonds. The molecule has 0 aliphatic carbocycles. The molecule has 1 fully saturated rings. The standard InChI is InChI=1S/C11H25N3O2S/c1-3-14-8-5-11(6-9-14)13(2)17(15,16)10-4-7-12/h11H,3-10,12H2,1-2H3. The van der Waals surface area contributed by atoms with Crippen LogP contribution in [0, 0.1) is 0 Å². The van der Waals surface area contributed by atoms with Gasteiger partial charge in [-0.15, -0.1) is 0 Å². The molecule has 1 saturated heterocycles. The van der Waals surface area contributed by atoms with Gasteiger partial charge in [0.1, 0.15) is 0 Å². The molecule has 0 aromatic heterocycles. The molecule has 1 aliphatic heterocycles. The van der Waals surface area contributed by atoms with Crippen LogP contribution in [0.3, 0.4) is 0 Å². The van der Waals surface area contributed by atoms with Crippen molar-refractivity contribution in [3.05, 3.63) is 0 Å². The number of piperidine rings is 1. The predicted octanol–water partition coefficient (Wildman–Crippen LogP) is 0.0811. The fourth-order valence-corrected chi connectivity index (χ4v) is 3.72. The van der Waals surface area contributed by atoms with Crippen molar-refractivity contribution < 1.29 is 8.42 Å². The van der Waals surface area contributed by atoms with E-state index in [0.717, 1.165) is 32.5 Å². The van der Waals surface area contributed by atoms with Crippen LogP contribution >= 0.6 is 0 Å². The number of nitrogens with zero attached hydrogens (tertiary/aromatic N) is 2. The first-order chi connectivity index (χ1) is 8.01. The highest BCUT2D eigenvalue weighted by Gasteiger charge is 2.28. The fraction of sp³-hybridized carbons (Fsp3) is 1.00. The van der Waals surface area contributed by atoms with E-state index in [0.29, 0.717) is 13.0 Å². The van der Waals surface area contributed by atoms with Gasteiger partial charge in [0.25, 0.3) is 0 Å². The lowest BCUT2D eigenvalue weighted by Crippen LogP contribution is -2.46. The zero-order valence-corrected chi connectivity index (χ0v) is 11.7. The van der Waals surface area contributed by atoms with E-state index < -0.39 is 10.0 Å². The van der Waals surface area contributed by atoms with E-state index in [2.05, 4.69) is 11.8 Å². The first-order valence-electron chi connectivity index (χ1n) is 6.39. The van der Waals surface area contributed by atoms with Crippen molar-refractivity contribution in [3.63, 3.8) is 0 Å². The quantitative estimate of drug-likeness (QED) is 0.737. The van der Waals surface area contributed by atoms with Crippen molar-refractivity contribution in [3.8, 4) is 0 Å². The van der Waals surface area contributed by atoms with E-state index in [-0.39, 0.29) is 11.8 Å². The molecule has 2 N–H and O–H groups in total. The third-order valence-corrected chi connectivity index (χ3v) is 5.54. The van der Waals surface area contributed by atoms with E-state index in [9.17, 15) is 8.42 Å². The van der Waals surface area contributed by atoms with Crippen molar-refractivity contribution in [1.82, 2.24) is 9.21 Å². The van der Waals surface area contributed by atoms with Gasteiger partial charge in [-0.05, 0) is 45.4 Å². The maximum atomic E-state index is 12.0. The highest BCUT2D eigenvalue weighted by Crippen LogP contribution is 2.18. The van der Waals surface area contributed by atoms with Gasteiger partial charge in [0.2, 0.25) is 10.0 Å². The Bertz CT molecular complexity index is 311. The molecule has 6 heteroatoms. The van der Waals surface area contributed by atoms with Crippen LogP contribution in [0.5, 0.6) is 0 Å². The zero-order chi connectivity index (χ0) is 12.9. The van der Waals surface area contributed by atoms with Gasteiger partial charge < -0.3 is 10.6 Å². The Kier molecular flexibility index (Phi) is 5.85. The van der Waals surface area contributed by atoms with Crippen molar-refractivity contribution >= 4 is 10.0 Å². The molecule has 1 heterocycles. The molecule has 0 bridgehead atoms. The van der Waals surface area contributed by atoms with Crippen molar-refractivity contribution in [2.75, 3.05) is 39.0 Å².